The number of nitriles is 1. The summed E-state index contributed by atoms with van der Waals surface area (Å²) in [7, 11) is 0. The van der Waals surface area contributed by atoms with E-state index in [0.29, 0.717) is 16.5 Å². The molecular formula is C24H27ClN2. The third-order valence-corrected chi connectivity index (χ3v) is 5.92. The molecule has 1 aliphatic rings. The Morgan fingerprint density at radius 3 is 2.56 bits per heavy atom. The van der Waals surface area contributed by atoms with Crippen LogP contribution in [0.5, 0.6) is 0 Å². The summed E-state index contributed by atoms with van der Waals surface area (Å²) in [6, 6.07) is 14.4. The molecule has 0 fully saturated rings. The number of anilines is 1. The number of fused-ring (bicyclic) bond motifs is 1. The summed E-state index contributed by atoms with van der Waals surface area (Å²) in [5, 5.41) is 10.4. The molecule has 0 radical (unpaired) electrons. The van der Waals surface area contributed by atoms with Crippen molar-refractivity contribution in [3.63, 3.8) is 0 Å². The molecule has 1 atom stereocenters. The minimum Gasteiger partial charge on any atom is -0.366 e. The normalized spacial score (nSPS) is 18.8. The summed E-state index contributed by atoms with van der Waals surface area (Å²) in [4.78, 5) is 2.51. The van der Waals surface area contributed by atoms with Gasteiger partial charge in [0.25, 0.3) is 0 Å². The van der Waals surface area contributed by atoms with Crippen LogP contribution in [-0.4, -0.2) is 12.1 Å². The second-order valence-corrected chi connectivity index (χ2v) is 8.54. The Morgan fingerprint density at radius 1 is 1.30 bits per heavy atom. The van der Waals surface area contributed by atoms with Gasteiger partial charge in [-0.25, -0.2) is 0 Å². The maximum Gasteiger partial charge on any atom is 0.0998 e. The summed E-state index contributed by atoms with van der Waals surface area (Å²) < 4.78 is 0. The van der Waals surface area contributed by atoms with Crippen LogP contribution in [0, 0.1) is 18.3 Å². The average molecular weight is 379 g/mol. The number of hydrogen-bond acceptors (Lipinski definition) is 2. The van der Waals surface area contributed by atoms with E-state index in [1.54, 1.807) is 0 Å². The van der Waals surface area contributed by atoms with E-state index in [0.717, 1.165) is 24.1 Å². The first-order chi connectivity index (χ1) is 12.8. The van der Waals surface area contributed by atoms with E-state index in [4.69, 9.17) is 11.6 Å². The highest BCUT2D eigenvalue weighted by atomic mass is 35.5. The van der Waals surface area contributed by atoms with Gasteiger partial charge in [0.15, 0.2) is 0 Å². The molecule has 0 spiro atoms. The van der Waals surface area contributed by atoms with Gasteiger partial charge in [0.05, 0.1) is 11.6 Å². The number of benzene rings is 2. The van der Waals surface area contributed by atoms with E-state index in [1.165, 1.54) is 16.8 Å². The molecule has 140 valence electrons. The van der Waals surface area contributed by atoms with E-state index in [2.05, 4.69) is 57.7 Å². The summed E-state index contributed by atoms with van der Waals surface area (Å²) in [6.07, 6.45) is 3.13. The van der Waals surface area contributed by atoms with Crippen LogP contribution in [0.2, 0.25) is 5.02 Å². The van der Waals surface area contributed by atoms with E-state index >= 15 is 0 Å². The van der Waals surface area contributed by atoms with Crippen molar-refractivity contribution in [1.82, 2.24) is 0 Å². The van der Waals surface area contributed by atoms with E-state index < -0.39 is 0 Å². The maximum absolute atomic E-state index is 9.68. The van der Waals surface area contributed by atoms with Crippen LogP contribution < -0.4 is 4.90 Å². The van der Waals surface area contributed by atoms with Crippen LogP contribution in [0.3, 0.4) is 0 Å². The summed E-state index contributed by atoms with van der Waals surface area (Å²) in [5.41, 5.74) is 6.73. The van der Waals surface area contributed by atoms with Gasteiger partial charge in [-0.1, -0.05) is 30.7 Å². The number of halogens is 1. The fraction of sp³-hybridized carbons (Fsp3) is 0.375. The smallest absolute Gasteiger partial charge is 0.0998 e. The highest BCUT2D eigenvalue weighted by Gasteiger charge is 2.35. The van der Waals surface area contributed by atoms with E-state index in [-0.39, 0.29) is 5.54 Å². The molecule has 2 nitrogen and oxygen atoms in total. The molecule has 0 unspecified atom stereocenters. The summed E-state index contributed by atoms with van der Waals surface area (Å²) in [5.74, 6) is 0.492. The predicted octanol–water partition coefficient (Wildman–Crippen LogP) is 6.82. The Kier molecular flexibility index (Phi) is 5.36. The lowest BCUT2D eigenvalue weighted by Crippen LogP contribution is -2.48. The molecule has 0 bridgehead atoms. The van der Waals surface area contributed by atoms with Gasteiger partial charge in [-0.2, -0.15) is 5.26 Å². The third kappa shape index (κ3) is 3.75. The van der Waals surface area contributed by atoms with Gasteiger partial charge in [0, 0.05) is 22.8 Å². The molecule has 1 aliphatic heterocycles. The standard InChI is InChI=1S/C24H27ClN2/c1-6-27-23-11-16(2)19(13-22(23)17(3)14-24(27,4)5)12-20(15-26)18-7-9-21(25)10-8-18/h7-13,17H,6,14H2,1-5H3/b20-12-/t17-/m1/s1. The van der Waals surface area contributed by atoms with Gasteiger partial charge in [-0.15, -0.1) is 0 Å². The fourth-order valence-electron chi connectivity index (χ4n) is 4.37. The summed E-state index contributed by atoms with van der Waals surface area (Å²) in [6.45, 7) is 12.3. The van der Waals surface area contributed by atoms with Gasteiger partial charge < -0.3 is 4.90 Å². The van der Waals surface area contributed by atoms with Crippen molar-refractivity contribution >= 4 is 28.9 Å². The zero-order valence-corrected chi connectivity index (χ0v) is 17.6. The van der Waals surface area contributed by atoms with Crippen molar-refractivity contribution in [2.24, 2.45) is 0 Å². The molecule has 3 heteroatoms. The van der Waals surface area contributed by atoms with Crippen LogP contribution in [-0.2, 0) is 0 Å². The molecule has 0 aromatic heterocycles. The van der Waals surface area contributed by atoms with Crippen molar-refractivity contribution in [2.45, 2.75) is 52.5 Å². The zero-order valence-electron chi connectivity index (χ0n) is 16.8. The Labute approximate surface area is 168 Å². The van der Waals surface area contributed by atoms with Gasteiger partial charge in [0.2, 0.25) is 0 Å². The molecule has 0 saturated carbocycles. The molecule has 0 amide bonds. The lowest BCUT2D eigenvalue weighted by atomic mass is 9.79. The van der Waals surface area contributed by atoms with Crippen molar-refractivity contribution in [2.75, 3.05) is 11.4 Å². The first-order valence-corrected chi connectivity index (χ1v) is 9.94. The van der Waals surface area contributed by atoms with Gasteiger partial charge in [-0.3, -0.25) is 0 Å². The van der Waals surface area contributed by atoms with Crippen molar-refractivity contribution in [1.29, 1.82) is 5.26 Å². The topological polar surface area (TPSA) is 27.0 Å². The Balaban J connectivity index is 2.10. The quantitative estimate of drug-likeness (QED) is 0.432. The largest absolute Gasteiger partial charge is 0.366 e. The van der Waals surface area contributed by atoms with Gasteiger partial charge in [-0.05, 0) is 92.6 Å². The number of nitrogens with zero attached hydrogens (tertiary/aromatic N) is 2. The molecule has 3 rings (SSSR count). The number of hydrogen-bond donors (Lipinski definition) is 0. The highest BCUT2D eigenvalue weighted by molar-refractivity contribution is 6.30. The first-order valence-electron chi connectivity index (χ1n) is 9.56. The minimum absolute atomic E-state index is 0.159. The van der Waals surface area contributed by atoms with Gasteiger partial charge in [0.1, 0.15) is 0 Å². The second-order valence-electron chi connectivity index (χ2n) is 8.11. The average Bonchev–Trinajstić information content (AvgIpc) is 2.61. The molecule has 0 saturated heterocycles. The Morgan fingerprint density at radius 2 is 1.96 bits per heavy atom. The van der Waals surface area contributed by atoms with Gasteiger partial charge >= 0.3 is 0 Å². The molecule has 27 heavy (non-hydrogen) atoms. The van der Waals surface area contributed by atoms with Crippen molar-refractivity contribution in [3.8, 4) is 6.07 Å². The van der Waals surface area contributed by atoms with Crippen LogP contribution in [0.4, 0.5) is 5.69 Å². The Hall–Kier alpha value is -2.24. The lowest BCUT2D eigenvalue weighted by Gasteiger charge is -2.47. The third-order valence-electron chi connectivity index (χ3n) is 5.67. The molecule has 2 aromatic carbocycles. The maximum atomic E-state index is 9.68. The van der Waals surface area contributed by atoms with Crippen LogP contribution >= 0.6 is 11.6 Å². The van der Waals surface area contributed by atoms with Crippen LogP contribution in [0.25, 0.3) is 11.6 Å². The number of rotatable bonds is 3. The molecule has 2 aromatic rings. The molecule has 0 N–H and O–H groups in total. The minimum atomic E-state index is 0.159. The second kappa shape index (κ2) is 7.41. The first kappa shape index (κ1) is 19.5. The van der Waals surface area contributed by atoms with E-state index in [1.807, 2.05) is 30.3 Å². The van der Waals surface area contributed by atoms with E-state index in [9.17, 15) is 5.26 Å². The molecule has 0 aliphatic carbocycles. The number of aryl methyl sites for hydroxylation is 1. The van der Waals surface area contributed by atoms with Crippen molar-refractivity contribution < 1.29 is 0 Å². The number of allylic oxidation sites excluding steroid dienone is 1. The fourth-order valence-corrected chi connectivity index (χ4v) is 4.50. The highest BCUT2D eigenvalue weighted by Crippen LogP contribution is 2.44. The molecular weight excluding hydrogens is 352 g/mol. The predicted molar refractivity (Wildman–Crippen MR) is 116 cm³/mol. The Bertz CT molecular complexity index is 917. The zero-order chi connectivity index (χ0) is 19.8. The summed E-state index contributed by atoms with van der Waals surface area (Å²) >= 11 is 5.98. The lowest BCUT2D eigenvalue weighted by molar-refractivity contribution is 0.381. The monoisotopic (exact) mass is 378 g/mol. The van der Waals surface area contributed by atoms with Crippen LogP contribution in [0.15, 0.2) is 36.4 Å². The molecule has 1 heterocycles. The SMILES string of the molecule is CCN1c2cc(C)c(/C=C(/C#N)c3ccc(Cl)cc3)cc2[C@H](C)CC1(C)C. The van der Waals surface area contributed by atoms with Crippen molar-refractivity contribution in [3.05, 3.63) is 63.7 Å². The van der Waals surface area contributed by atoms with Crippen LogP contribution in [0.1, 0.15) is 62.3 Å².